The van der Waals surface area contributed by atoms with Crippen LogP contribution in [0, 0.1) is 5.82 Å². The molecule has 7 heteroatoms. The quantitative estimate of drug-likeness (QED) is 0.819. The summed E-state index contributed by atoms with van der Waals surface area (Å²) in [5, 5.41) is 2.60. The molecule has 1 fully saturated rings. The molecule has 1 aliphatic heterocycles. The Morgan fingerprint density at radius 3 is 2.76 bits per heavy atom. The minimum atomic E-state index is -0.204. The van der Waals surface area contributed by atoms with Crippen molar-refractivity contribution in [1.29, 1.82) is 0 Å². The van der Waals surface area contributed by atoms with E-state index >= 15 is 0 Å². The van der Waals surface area contributed by atoms with Crippen molar-refractivity contribution in [3.63, 3.8) is 0 Å². The number of anilines is 1. The van der Waals surface area contributed by atoms with Crippen LogP contribution >= 0.6 is 11.3 Å². The van der Waals surface area contributed by atoms with Gasteiger partial charge < -0.3 is 0 Å². The molecule has 25 heavy (non-hydrogen) atoms. The second-order valence-electron chi connectivity index (χ2n) is 6.45. The SMILES string of the molecule is C[C@H]1CN(Cc2ccc(F)cc2)CCN1CC(=O)N(C)c1nccs1. The molecule has 1 aromatic heterocycles. The van der Waals surface area contributed by atoms with Gasteiger partial charge in [0, 0.05) is 50.8 Å². The van der Waals surface area contributed by atoms with E-state index in [0.29, 0.717) is 12.6 Å². The predicted molar refractivity (Wildman–Crippen MR) is 98.2 cm³/mol. The van der Waals surface area contributed by atoms with Crippen LogP contribution in [0.1, 0.15) is 12.5 Å². The number of aromatic nitrogens is 1. The molecule has 1 saturated heterocycles. The molecule has 1 aromatic carbocycles. The van der Waals surface area contributed by atoms with Gasteiger partial charge in [-0.1, -0.05) is 12.1 Å². The van der Waals surface area contributed by atoms with Gasteiger partial charge in [-0.05, 0) is 24.6 Å². The molecule has 0 aliphatic carbocycles. The fourth-order valence-corrected chi connectivity index (χ4v) is 3.69. The van der Waals surface area contributed by atoms with Gasteiger partial charge in [0.15, 0.2) is 5.13 Å². The molecule has 0 bridgehead atoms. The highest BCUT2D eigenvalue weighted by Gasteiger charge is 2.26. The number of amides is 1. The maximum Gasteiger partial charge on any atom is 0.242 e. The molecule has 2 aromatic rings. The average Bonchev–Trinajstić information content (AvgIpc) is 3.13. The lowest BCUT2D eigenvalue weighted by Gasteiger charge is -2.39. The van der Waals surface area contributed by atoms with E-state index in [0.717, 1.165) is 36.9 Å². The number of benzene rings is 1. The van der Waals surface area contributed by atoms with Crippen LogP contribution in [-0.4, -0.2) is 60.0 Å². The fraction of sp³-hybridized carbons (Fsp3) is 0.444. The lowest BCUT2D eigenvalue weighted by atomic mass is 10.1. The smallest absolute Gasteiger partial charge is 0.242 e. The molecular formula is C18H23FN4OS. The van der Waals surface area contributed by atoms with Crippen molar-refractivity contribution in [3.8, 4) is 0 Å². The van der Waals surface area contributed by atoms with Crippen molar-refractivity contribution < 1.29 is 9.18 Å². The third-order valence-corrected chi connectivity index (χ3v) is 5.44. The number of thiazole rings is 1. The van der Waals surface area contributed by atoms with Crippen LogP contribution in [0.25, 0.3) is 0 Å². The summed E-state index contributed by atoms with van der Waals surface area (Å²) in [5.74, 6) is -0.140. The maximum absolute atomic E-state index is 13.0. The summed E-state index contributed by atoms with van der Waals surface area (Å²) in [7, 11) is 1.77. The van der Waals surface area contributed by atoms with Crippen LogP contribution in [0.2, 0.25) is 0 Å². The lowest BCUT2D eigenvalue weighted by Crippen LogP contribution is -2.54. The van der Waals surface area contributed by atoms with E-state index in [4.69, 9.17) is 0 Å². The second-order valence-corrected chi connectivity index (χ2v) is 7.32. The monoisotopic (exact) mass is 362 g/mol. The van der Waals surface area contributed by atoms with E-state index < -0.39 is 0 Å². The number of carbonyl (C=O) groups excluding carboxylic acids is 1. The Balaban J connectivity index is 1.51. The van der Waals surface area contributed by atoms with Gasteiger partial charge in [0.2, 0.25) is 5.91 Å². The molecule has 1 atom stereocenters. The van der Waals surface area contributed by atoms with Crippen molar-refractivity contribution in [3.05, 3.63) is 47.2 Å². The minimum Gasteiger partial charge on any atom is -0.296 e. The number of likely N-dealkylation sites (N-methyl/N-ethyl adjacent to an activating group) is 1. The molecule has 1 amide bonds. The summed E-state index contributed by atoms with van der Waals surface area (Å²) in [6.45, 7) is 6.00. The Hall–Kier alpha value is -1.83. The molecular weight excluding hydrogens is 339 g/mol. The summed E-state index contributed by atoms with van der Waals surface area (Å²) in [4.78, 5) is 22.8. The van der Waals surface area contributed by atoms with Gasteiger partial charge >= 0.3 is 0 Å². The van der Waals surface area contributed by atoms with Crippen LogP contribution in [0.15, 0.2) is 35.8 Å². The maximum atomic E-state index is 13.0. The minimum absolute atomic E-state index is 0.0637. The van der Waals surface area contributed by atoms with Crippen molar-refractivity contribution in [1.82, 2.24) is 14.8 Å². The highest BCUT2D eigenvalue weighted by atomic mass is 32.1. The van der Waals surface area contributed by atoms with E-state index in [2.05, 4.69) is 21.7 Å². The van der Waals surface area contributed by atoms with Crippen molar-refractivity contribution in [2.45, 2.75) is 19.5 Å². The van der Waals surface area contributed by atoms with E-state index in [1.54, 1.807) is 18.1 Å². The Bertz CT molecular complexity index is 692. The van der Waals surface area contributed by atoms with E-state index in [1.807, 2.05) is 17.5 Å². The zero-order valence-electron chi connectivity index (χ0n) is 14.6. The van der Waals surface area contributed by atoms with E-state index in [9.17, 15) is 9.18 Å². The summed E-state index contributed by atoms with van der Waals surface area (Å²) < 4.78 is 13.0. The molecule has 134 valence electrons. The Labute approximate surface area is 151 Å². The molecule has 0 N–H and O–H groups in total. The second kappa shape index (κ2) is 8.03. The molecule has 0 radical (unpaired) electrons. The van der Waals surface area contributed by atoms with Gasteiger partial charge in [-0.25, -0.2) is 9.37 Å². The van der Waals surface area contributed by atoms with E-state index in [1.165, 1.54) is 23.5 Å². The van der Waals surface area contributed by atoms with Gasteiger partial charge in [0.05, 0.1) is 6.54 Å². The molecule has 0 spiro atoms. The third kappa shape index (κ3) is 4.62. The molecule has 0 saturated carbocycles. The first kappa shape index (κ1) is 18.0. The lowest BCUT2D eigenvalue weighted by molar-refractivity contribution is -0.120. The zero-order valence-corrected chi connectivity index (χ0v) is 15.4. The Morgan fingerprint density at radius 1 is 1.36 bits per heavy atom. The summed E-state index contributed by atoms with van der Waals surface area (Å²) >= 11 is 1.47. The molecule has 0 unspecified atom stereocenters. The van der Waals surface area contributed by atoms with Crippen LogP contribution in [0.4, 0.5) is 9.52 Å². The number of rotatable bonds is 5. The summed E-state index contributed by atoms with van der Waals surface area (Å²) in [6, 6.07) is 6.96. The summed E-state index contributed by atoms with van der Waals surface area (Å²) in [5.41, 5.74) is 1.11. The Kier molecular flexibility index (Phi) is 5.78. The standard InChI is InChI=1S/C18H23FN4OS/c1-14-11-22(12-15-3-5-16(19)6-4-15)8-9-23(14)13-17(24)21(2)18-20-7-10-25-18/h3-7,10,14H,8-9,11-13H2,1-2H3/t14-/m0/s1. The first-order valence-corrected chi connectivity index (χ1v) is 9.28. The van der Waals surface area contributed by atoms with Crippen molar-refractivity contribution in [2.24, 2.45) is 0 Å². The zero-order chi connectivity index (χ0) is 17.8. The van der Waals surface area contributed by atoms with Gasteiger partial charge in [-0.2, -0.15) is 0 Å². The van der Waals surface area contributed by atoms with Gasteiger partial charge in [-0.15, -0.1) is 11.3 Å². The number of piperazine rings is 1. The van der Waals surface area contributed by atoms with E-state index in [-0.39, 0.29) is 11.7 Å². The topological polar surface area (TPSA) is 39.7 Å². The van der Waals surface area contributed by atoms with Gasteiger partial charge in [0.1, 0.15) is 5.82 Å². The average molecular weight is 362 g/mol. The number of nitrogens with zero attached hydrogens (tertiary/aromatic N) is 4. The first-order chi connectivity index (χ1) is 12.0. The van der Waals surface area contributed by atoms with Gasteiger partial charge in [-0.3, -0.25) is 19.5 Å². The molecule has 5 nitrogen and oxygen atoms in total. The van der Waals surface area contributed by atoms with Gasteiger partial charge in [0.25, 0.3) is 0 Å². The Morgan fingerprint density at radius 2 is 2.12 bits per heavy atom. The molecule has 1 aliphatic rings. The van der Waals surface area contributed by atoms with Crippen molar-refractivity contribution >= 4 is 22.4 Å². The largest absolute Gasteiger partial charge is 0.296 e. The summed E-state index contributed by atoms with van der Waals surface area (Å²) in [6.07, 6.45) is 1.71. The predicted octanol–water partition coefficient (Wildman–Crippen LogP) is 2.45. The van der Waals surface area contributed by atoms with Crippen LogP contribution < -0.4 is 4.90 Å². The normalized spacial score (nSPS) is 19.1. The first-order valence-electron chi connectivity index (χ1n) is 8.40. The number of carbonyl (C=O) groups is 1. The number of hydrogen-bond donors (Lipinski definition) is 0. The highest BCUT2D eigenvalue weighted by Crippen LogP contribution is 2.17. The number of hydrogen-bond acceptors (Lipinski definition) is 5. The van der Waals surface area contributed by atoms with Crippen LogP contribution in [0.3, 0.4) is 0 Å². The number of halogens is 1. The third-order valence-electron chi connectivity index (χ3n) is 4.59. The van der Waals surface area contributed by atoms with Crippen LogP contribution in [-0.2, 0) is 11.3 Å². The van der Waals surface area contributed by atoms with Crippen molar-refractivity contribution in [2.75, 3.05) is 38.1 Å². The molecule has 2 heterocycles. The molecule has 3 rings (SSSR count). The highest BCUT2D eigenvalue weighted by molar-refractivity contribution is 7.13. The van der Waals surface area contributed by atoms with Crippen LogP contribution in [0.5, 0.6) is 0 Å². The fourth-order valence-electron chi connectivity index (χ4n) is 3.07.